The molecule has 2 heterocycles. The van der Waals surface area contributed by atoms with E-state index in [1.54, 1.807) is 6.20 Å². The SMILES string of the molecule is Cc1cccc(-n2ccnc2SCC(=O)N2CCCc3ccccc32)c1. The third-order valence-electron chi connectivity index (χ3n) is 4.62. The molecule has 1 aromatic heterocycles. The molecule has 0 radical (unpaired) electrons. The van der Waals surface area contributed by atoms with Gasteiger partial charge in [0.2, 0.25) is 5.91 Å². The molecule has 1 amide bonds. The largest absolute Gasteiger partial charge is 0.311 e. The number of carbonyl (C=O) groups is 1. The van der Waals surface area contributed by atoms with Gasteiger partial charge >= 0.3 is 0 Å². The van der Waals surface area contributed by atoms with E-state index in [1.807, 2.05) is 39.9 Å². The lowest BCUT2D eigenvalue weighted by molar-refractivity contribution is -0.116. The summed E-state index contributed by atoms with van der Waals surface area (Å²) in [6.07, 6.45) is 5.79. The summed E-state index contributed by atoms with van der Waals surface area (Å²) in [5.74, 6) is 0.526. The molecule has 0 atom stereocenters. The first-order valence-electron chi connectivity index (χ1n) is 8.84. The van der Waals surface area contributed by atoms with Crippen LogP contribution in [0.4, 0.5) is 5.69 Å². The number of hydrogen-bond donors (Lipinski definition) is 0. The Morgan fingerprint density at radius 3 is 2.96 bits per heavy atom. The van der Waals surface area contributed by atoms with Crippen LogP contribution in [0.15, 0.2) is 66.1 Å². The lowest BCUT2D eigenvalue weighted by Gasteiger charge is -2.29. The number of anilines is 1. The maximum Gasteiger partial charge on any atom is 0.237 e. The van der Waals surface area contributed by atoms with Gasteiger partial charge in [-0.2, -0.15) is 0 Å². The van der Waals surface area contributed by atoms with E-state index in [9.17, 15) is 4.79 Å². The van der Waals surface area contributed by atoms with E-state index in [0.29, 0.717) is 5.75 Å². The second-order valence-electron chi connectivity index (χ2n) is 6.49. The van der Waals surface area contributed by atoms with Crippen molar-refractivity contribution in [3.8, 4) is 5.69 Å². The Kier molecular flexibility index (Phi) is 4.80. The minimum atomic E-state index is 0.140. The zero-order valence-corrected chi connectivity index (χ0v) is 15.6. The predicted octanol–water partition coefficient (Wildman–Crippen LogP) is 4.25. The molecule has 5 heteroatoms. The quantitative estimate of drug-likeness (QED) is 0.650. The van der Waals surface area contributed by atoms with Crippen molar-refractivity contribution < 1.29 is 4.79 Å². The molecular weight excluding hydrogens is 342 g/mol. The van der Waals surface area contributed by atoms with Crippen LogP contribution in [0.5, 0.6) is 0 Å². The lowest BCUT2D eigenvalue weighted by Crippen LogP contribution is -2.36. The smallest absolute Gasteiger partial charge is 0.237 e. The number of thioether (sulfide) groups is 1. The summed E-state index contributed by atoms with van der Waals surface area (Å²) in [6, 6.07) is 16.5. The second-order valence-corrected chi connectivity index (χ2v) is 7.43. The van der Waals surface area contributed by atoms with Crippen LogP contribution in [0.3, 0.4) is 0 Å². The van der Waals surface area contributed by atoms with E-state index in [1.165, 1.54) is 22.9 Å². The standard InChI is InChI=1S/C21H21N3OS/c1-16-6-4-9-18(14-16)23-13-11-22-21(23)26-15-20(25)24-12-5-8-17-7-2-3-10-19(17)24/h2-4,6-7,9-11,13-14H,5,8,12,15H2,1H3. The van der Waals surface area contributed by atoms with E-state index in [0.717, 1.165) is 35.9 Å². The average Bonchev–Trinajstić information content (AvgIpc) is 3.14. The molecule has 0 unspecified atom stereocenters. The normalized spacial score (nSPS) is 13.5. The molecule has 132 valence electrons. The Labute approximate surface area is 157 Å². The van der Waals surface area contributed by atoms with Crippen molar-refractivity contribution in [2.24, 2.45) is 0 Å². The highest BCUT2D eigenvalue weighted by Crippen LogP contribution is 2.28. The van der Waals surface area contributed by atoms with Gasteiger partial charge in [0, 0.05) is 30.3 Å². The molecule has 4 nitrogen and oxygen atoms in total. The van der Waals surface area contributed by atoms with Crippen LogP contribution in [0.25, 0.3) is 5.69 Å². The number of hydrogen-bond acceptors (Lipinski definition) is 3. The summed E-state index contributed by atoms with van der Waals surface area (Å²) < 4.78 is 2.04. The molecule has 4 rings (SSSR count). The van der Waals surface area contributed by atoms with Crippen molar-refractivity contribution >= 4 is 23.4 Å². The van der Waals surface area contributed by atoms with Crippen LogP contribution >= 0.6 is 11.8 Å². The Bertz CT molecular complexity index is 934. The Morgan fingerprint density at radius 2 is 2.08 bits per heavy atom. The molecule has 0 N–H and O–H groups in total. The number of aryl methyl sites for hydroxylation is 2. The van der Waals surface area contributed by atoms with Crippen molar-refractivity contribution in [3.63, 3.8) is 0 Å². The minimum absolute atomic E-state index is 0.140. The van der Waals surface area contributed by atoms with E-state index < -0.39 is 0 Å². The van der Waals surface area contributed by atoms with E-state index in [2.05, 4.69) is 36.2 Å². The fraction of sp³-hybridized carbons (Fsp3) is 0.238. The van der Waals surface area contributed by atoms with E-state index in [4.69, 9.17) is 0 Å². The highest BCUT2D eigenvalue weighted by Gasteiger charge is 2.22. The molecule has 0 saturated heterocycles. The van der Waals surface area contributed by atoms with Crippen LogP contribution in [-0.2, 0) is 11.2 Å². The van der Waals surface area contributed by atoms with Crippen LogP contribution in [-0.4, -0.2) is 27.8 Å². The van der Waals surface area contributed by atoms with Crippen molar-refractivity contribution in [3.05, 3.63) is 72.1 Å². The molecule has 2 aromatic carbocycles. The zero-order valence-electron chi connectivity index (χ0n) is 14.8. The first-order valence-corrected chi connectivity index (χ1v) is 9.82. The molecular formula is C21H21N3OS. The number of benzene rings is 2. The first kappa shape index (κ1) is 16.9. The van der Waals surface area contributed by atoms with E-state index in [-0.39, 0.29) is 5.91 Å². The number of para-hydroxylation sites is 1. The second kappa shape index (κ2) is 7.38. The Hall–Kier alpha value is -2.53. The summed E-state index contributed by atoms with van der Waals surface area (Å²) in [5.41, 5.74) is 4.60. The molecule has 0 bridgehead atoms. The highest BCUT2D eigenvalue weighted by atomic mass is 32.2. The van der Waals surface area contributed by atoms with Crippen LogP contribution in [0.1, 0.15) is 17.5 Å². The number of aromatic nitrogens is 2. The molecule has 0 aliphatic carbocycles. The molecule has 1 aliphatic rings. The van der Waals surface area contributed by atoms with Crippen LogP contribution < -0.4 is 4.90 Å². The van der Waals surface area contributed by atoms with Gasteiger partial charge in [0.1, 0.15) is 0 Å². The number of nitrogens with zero attached hydrogens (tertiary/aromatic N) is 3. The predicted molar refractivity (Wildman–Crippen MR) is 106 cm³/mol. The van der Waals surface area contributed by atoms with Crippen LogP contribution in [0.2, 0.25) is 0 Å². The van der Waals surface area contributed by atoms with Crippen molar-refractivity contribution in [2.75, 3.05) is 17.2 Å². The summed E-state index contributed by atoms with van der Waals surface area (Å²) >= 11 is 1.49. The summed E-state index contributed by atoms with van der Waals surface area (Å²) in [4.78, 5) is 19.2. The number of amides is 1. The van der Waals surface area contributed by atoms with Crippen molar-refractivity contribution in [1.82, 2.24) is 9.55 Å². The number of fused-ring (bicyclic) bond motifs is 1. The summed E-state index contributed by atoms with van der Waals surface area (Å²) in [6.45, 7) is 2.87. The monoisotopic (exact) mass is 363 g/mol. The fourth-order valence-electron chi connectivity index (χ4n) is 3.37. The molecule has 26 heavy (non-hydrogen) atoms. The summed E-state index contributed by atoms with van der Waals surface area (Å²) in [7, 11) is 0. The Morgan fingerprint density at radius 1 is 1.19 bits per heavy atom. The summed E-state index contributed by atoms with van der Waals surface area (Å²) in [5, 5.41) is 0.842. The van der Waals surface area contributed by atoms with Crippen LogP contribution in [0, 0.1) is 6.92 Å². The molecule has 1 aliphatic heterocycles. The van der Waals surface area contributed by atoms with Gasteiger partial charge in [-0.25, -0.2) is 4.98 Å². The molecule has 3 aromatic rings. The lowest BCUT2D eigenvalue weighted by atomic mass is 10.0. The van der Waals surface area contributed by atoms with Gasteiger partial charge in [-0.1, -0.05) is 42.1 Å². The van der Waals surface area contributed by atoms with Gasteiger partial charge in [-0.05, 0) is 49.1 Å². The molecule has 0 saturated carbocycles. The van der Waals surface area contributed by atoms with Crippen molar-refractivity contribution in [2.45, 2.75) is 24.9 Å². The third-order valence-corrected chi connectivity index (χ3v) is 5.57. The minimum Gasteiger partial charge on any atom is -0.311 e. The number of carbonyl (C=O) groups excluding carboxylic acids is 1. The van der Waals surface area contributed by atoms with Crippen molar-refractivity contribution in [1.29, 1.82) is 0 Å². The van der Waals surface area contributed by atoms with Gasteiger partial charge in [0.05, 0.1) is 5.75 Å². The highest BCUT2D eigenvalue weighted by molar-refractivity contribution is 7.99. The number of imidazole rings is 1. The topological polar surface area (TPSA) is 38.1 Å². The van der Waals surface area contributed by atoms with Gasteiger partial charge < -0.3 is 4.90 Å². The van der Waals surface area contributed by atoms with Gasteiger partial charge in [0.25, 0.3) is 0 Å². The van der Waals surface area contributed by atoms with Gasteiger partial charge in [-0.3, -0.25) is 9.36 Å². The zero-order chi connectivity index (χ0) is 17.9. The first-order chi connectivity index (χ1) is 12.7. The average molecular weight is 363 g/mol. The third kappa shape index (κ3) is 3.40. The maximum absolute atomic E-state index is 12.8. The fourth-order valence-corrected chi connectivity index (χ4v) is 4.22. The molecule has 0 fully saturated rings. The number of rotatable bonds is 4. The maximum atomic E-state index is 12.8. The van der Waals surface area contributed by atoms with Gasteiger partial charge in [0.15, 0.2) is 5.16 Å². The molecule has 0 spiro atoms. The Balaban J connectivity index is 1.49. The van der Waals surface area contributed by atoms with E-state index >= 15 is 0 Å². The van der Waals surface area contributed by atoms with Gasteiger partial charge in [-0.15, -0.1) is 0 Å².